The number of methoxy groups -OCH3 is 1. The molecule has 0 aromatic rings. The van der Waals surface area contributed by atoms with Gasteiger partial charge in [0.2, 0.25) is 0 Å². The lowest BCUT2D eigenvalue weighted by Crippen LogP contribution is -2.04. The summed E-state index contributed by atoms with van der Waals surface area (Å²) in [5.41, 5.74) is 0.632. The van der Waals surface area contributed by atoms with Gasteiger partial charge in [-0.05, 0) is 0 Å². The molecule has 0 spiro atoms. The summed E-state index contributed by atoms with van der Waals surface area (Å²) in [6.07, 6.45) is 1.74. The van der Waals surface area contributed by atoms with Crippen molar-refractivity contribution < 1.29 is 4.74 Å². The molecule has 0 aliphatic heterocycles. The highest BCUT2D eigenvalue weighted by Crippen LogP contribution is 1.92. The van der Waals surface area contributed by atoms with Crippen LogP contribution in [0.1, 0.15) is 0 Å². The van der Waals surface area contributed by atoms with Gasteiger partial charge in [-0.3, -0.25) is 0 Å². The van der Waals surface area contributed by atoms with E-state index in [0.717, 1.165) is 0 Å². The summed E-state index contributed by atoms with van der Waals surface area (Å²) in [6, 6.07) is 2.03. The van der Waals surface area contributed by atoms with Crippen molar-refractivity contribution in [1.82, 2.24) is 4.90 Å². The molecular formula is C7H12N2O. The standard InChI is InChI=1S/C7H12N2O/c1-9(2)5-7(4-8)6-10-3/h5H,6H2,1-3H3. The minimum Gasteiger partial charge on any atom is -0.383 e. The average Bonchev–Trinajstić information content (AvgIpc) is 1.86. The van der Waals surface area contributed by atoms with E-state index in [9.17, 15) is 0 Å². The Bertz CT molecular complexity index is 155. The Balaban J connectivity index is 3.95. The molecule has 0 N–H and O–H groups in total. The Morgan fingerprint density at radius 3 is 2.60 bits per heavy atom. The van der Waals surface area contributed by atoms with E-state index in [2.05, 4.69) is 0 Å². The monoisotopic (exact) mass is 140 g/mol. The summed E-state index contributed by atoms with van der Waals surface area (Å²) in [7, 11) is 5.31. The second-order valence-corrected chi connectivity index (χ2v) is 2.16. The maximum Gasteiger partial charge on any atom is 0.0987 e. The van der Waals surface area contributed by atoms with Gasteiger partial charge in [-0.15, -0.1) is 0 Å². The van der Waals surface area contributed by atoms with Gasteiger partial charge in [0.15, 0.2) is 0 Å². The molecule has 0 aromatic carbocycles. The Labute approximate surface area is 61.5 Å². The number of ether oxygens (including phenoxy) is 1. The van der Waals surface area contributed by atoms with Crippen LogP contribution in [0.15, 0.2) is 11.8 Å². The van der Waals surface area contributed by atoms with Crippen molar-refractivity contribution in [1.29, 1.82) is 5.26 Å². The minimum atomic E-state index is 0.384. The van der Waals surface area contributed by atoms with E-state index < -0.39 is 0 Å². The van der Waals surface area contributed by atoms with Gasteiger partial charge in [-0.25, -0.2) is 0 Å². The van der Waals surface area contributed by atoms with Crippen LogP contribution >= 0.6 is 0 Å². The molecule has 3 heteroatoms. The van der Waals surface area contributed by atoms with Crippen LogP contribution in [0.5, 0.6) is 0 Å². The maximum atomic E-state index is 8.48. The molecule has 0 aromatic heterocycles. The largest absolute Gasteiger partial charge is 0.383 e. The van der Waals surface area contributed by atoms with E-state index in [1.807, 2.05) is 25.1 Å². The summed E-state index contributed by atoms with van der Waals surface area (Å²) in [4.78, 5) is 1.82. The summed E-state index contributed by atoms with van der Waals surface area (Å²) < 4.78 is 4.78. The fourth-order valence-electron chi connectivity index (χ4n) is 0.566. The third kappa shape index (κ3) is 3.93. The maximum absolute atomic E-state index is 8.48. The summed E-state index contributed by atoms with van der Waals surface area (Å²) in [5.74, 6) is 0. The van der Waals surface area contributed by atoms with Gasteiger partial charge in [-0.2, -0.15) is 5.26 Å². The van der Waals surface area contributed by atoms with Crippen LogP contribution in [0.2, 0.25) is 0 Å². The molecule has 56 valence electrons. The van der Waals surface area contributed by atoms with Crippen molar-refractivity contribution in [2.45, 2.75) is 0 Å². The van der Waals surface area contributed by atoms with Crippen molar-refractivity contribution in [2.75, 3.05) is 27.8 Å². The number of nitrogens with zero attached hydrogens (tertiary/aromatic N) is 2. The van der Waals surface area contributed by atoms with E-state index in [-0.39, 0.29) is 0 Å². The van der Waals surface area contributed by atoms with Crippen LogP contribution in [0, 0.1) is 11.3 Å². The Morgan fingerprint density at radius 1 is 1.70 bits per heavy atom. The van der Waals surface area contributed by atoms with E-state index in [1.165, 1.54) is 0 Å². The van der Waals surface area contributed by atoms with Gasteiger partial charge in [0.25, 0.3) is 0 Å². The first-order valence-electron chi connectivity index (χ1n) is 2.97. The van der Waals surface area contributed by atoms with Crippen LogP contribution in [0.4, 0.5) is 0 Å². The molecule has 0 aliphatic carbocycles. The van der Waals surface area contributed by atoms with Gasteiger partial charge in [0.1, 0.15) is 0 Å². The summed E-state index contributed by atoms with van der Waals surface area (Å²) in [6.45, 7) is 0.384. The fourth-order valence-corrected chi connectivity index (χ4v) is 0.566. The zero-order valence-electron chi connectivity index (χ0n) is 6.59. The van der Waals surface area contributed by atoms with Crippen LogP contribution in [-0.4, -0.2) is 32.7 Å². The quantitative estimate of drug-likeness (QED) is 0.539. The second kappa shape index (κ2) is 4.83. The van der Waals surface area contributed by atoms with Crippen molar-refractivity contribution >= 4 is 0 Å². The lowest BCUT2D eigenvalue weighted by Gasteiger charge is -2.04. The van der Waals surface area contributed by atoms with E-state index in [1.54, 1.807) is 13.3 Å². The van der Waals surface area contributed by atoms with E-state index >= 15 is 0 Å². The average molecular weight is 140 g/mol. The summed E-state index contributed by atoms with van der Waals surface area (Å²) >= 11 is 0. The van der Waals surface area contributed by atoms with Crippen LogP contribution in [0.3, 0.4) is 0 Å². The molecule has 0 heterocycles. The van der Waals surface area contributed by atoms with Gasteiger partial charge >= 0.3 is 0 Å². The third-order valence-corrected chi connectivity index (χ3v) is 0.857. The minimum absolute atomic E-state index is 0.384. The molecule has 0 saturated carbocycles. The number of nitriles is 1. The second-order valence-electron chi connectivity index (χ2n) is 2.16. The fraction of sp³-hybridized carbons (Fsp3) is 0.571. The highest BCUT2D eigenvalue weighted by molar-refractivity contribution is 5.19. The van der Waals surface area contributed by atoms with E-state index in [4.69, 9.17) is 10.00 Å². The first kappa shape index (κ1) is 8.99. The van der Waals surface area contributed by atoms with Crippen molar-refractivity contribution in [3.05, 3.63) is 11.8 Å². The predicted molar refractivity (Wildman–Crippen MR) is 39.3 cm³/mol. The lowest BCUT2D eigenvalue weighted by atomic mass is 10.3. The molecule has 0 bridgehead atoms. The zero-order chi connectivity index (χ0) is 7.98. The number of hydrogen-bond donors (Lipinski definition) is 0. The summed E-state index contributed by atoms with van der Waals surface area (Å²) in [5, 5.41) is 8.48. The van der Waals surface area contributed by atoms with Gasteiger partial charge < -0.3 is 9.64 Å². The lowest BCUT2D eigenvalue weighted by molar-refractivity contribution is 0.227. The first-order valence-corrected chi connectivity index (χ1v) is 2.97. The highest BCUT2D eigenvalue weighted by Gasteiger charge is 1.92. The molecule has 0 rings (SSSR count). The smallest absolute Gasteiger partial charge is 0.0987 e. The Hall–Kier alpha value is -1.01. The zero-order valence-corrected chi connectivity index (χ0v) is 6.59. The molecule has 0 amide bonds. The Morgan fingerprint density at radius 2 is 2.30 bits per heavy atom. The van der Waals surface area contributed by atoms with Gasteiger partial charge in [-0.1, -0.05) is 0 Å². The molecule has 3 nitrogen and oxygen atoms in total. The van der Waals surface area contributed by atoms with Gasteiger partial charge in [0, 0.05) is 27.4 Å². The normalized spacial score (nSPS) is 10.8. The molecule has 0 saturated heterocycles. The Kier molecular flexibility index (Phi) is 4.34. The van der Waals surface area contributed by atoms with Crippen LogP contribution in [0.25, 0.3) is 0 Å². The van der Waals surface area contributed by atoms with Crippen molar-refractivity contribution in [2.24, 2.45) is 0 Å². The highest BCUT2D eigenvalue weighted by atomic mass is 16.5. The van der Waals surface area contributed by atoms with Crippen molar-refractivity contribution in [3.63, 3.8) is 0 Å². The van der Waals surface area contributed by atoms with Crippen LogP contribution in [-0.2, 0) is 4.74 Å². The molecule has 0 radical (unpaired) electrons. The SMILES string of the molecule is COCC(C#N)=CN(C)C. The van der Waals surface area contributed by atoms with Crippen molar-refractivity contribution in [3.8, 4) is 6.07 Å². The molecule has 0 atom stereocenters. The predicted octanol–water partition coefficient (Wildman–Crippen LogP) is 0.602. The molecular weight excluding hydrogens is 128 g/mol. The molecule has 0 fully saturated rings. The topological polar surface area (TPSA) is 36.3 Å². The van der Waals surface area contributed by atoms with E-state index in [0.29, 0.717) is 12.2 Å². The molecule has 0 unspecified atom stereocenters. The third-order valence-electron chi connectivity index (χ3n) is 0.857. The van der Waals surface area contributed by atoms with Crippen LogP contribution < -0.4 is 0 Å². The number of hydrogen-bond acceptors (Lipinski definition) is 3. The molecule has 0 aliphatic rings. The number of rotatable bonds is 3. The van der Waals surface area contributed by atoms with Gasteiger partial charge in [0.05, 0.1) is 18.2 Å². The first-order chi connectivity index (χ1) is 4.70. The molecule has 10 heavy (non-hydrogen) atoms.